The number of hydrazine groups is 4. The molecular formula is C48H56N8O8. The van der Waals surface area contributed by atoms with E-state index in [9.17, 15) is 19.2 Å². The third kappa shape index (κ3) is 9.50. The Kier molecular flexibility index (Phi) is 13.3. The number of carbonyl (C=O) groups is 8. The number of carbonyl (C=O) groups excluding carboxylic acids is 8. The smallest absolute Gasteiger partial charge is 0.267 e. The highest BCUT2D eigenvalue weighted by atomic mass is 16.3. The van der Waals surface area contributed by atoms with E-state index in [0.29, 0.717) is 20.0 Å². The highest BCUT2D eigenvalue weighted by Crippen LogP contribution is 2.35. The lowest BCUT2D eigenvalue weighted by molar-refractivity contribution is -0.101. The van der Waals surface area contributed by atoms with Crippen molar-refractivity contribution in [1.82, 2.24) is 40.1 Å². The predicted molar refractivity (Wildman–Crippen MR) is 238 cm³/mol. The van der Waals surface area contributed by atoms with Crippen molar-refractivity contribution >= 4 is 47.8 Å². The monoisotopic (exact) mass is 872 g/mol. The fourth-order valence-electron chi connectivity index (χ4n) is 6.96. The maximum atomic E-state index is 16.0. The number of benzene rings is 4. The molecule has 16 heteroatoms. The van der Waals surface area contributed by atoms with Crippen molar-refractivity contribution in [3.63, 3.8) is 0 Å². The summed E-state index contributed by atoms with van der Waals surface area (Å²) in [6, 6.07) is 24.4. The van der Waals surface area contributed by atoms with Crippen molar-refractivity contribution in [3.8, 4) is 0 Å². The molecule has 0 radical (unpaired) electrons. The van der Waals surface area contributed by atoms with E-state index >= 15 is 19.2 Å². The molecule has 0 saturated carbocycles. The summed E-state index contributed by atoms with van der Waals surface area (Å²) in [6.45, 7) is 18.2. The lowest BCUT2D eigenvalue weighted by atomic mass is 10.1. The summed E-state index contributed by atoms with van der Waals surface area (Å²) in [7, 11) is 0. The molecule has 1 heterocycles. The van der Waals surface area contributed by atoms with Crippen LogP contribution in [0.4, 0.5) is 19.2 Å². The summed E-state index contributed by atoms with van der Waals surface area (Å²) in [6.07, 6.45) is 0. The van der Waals surface area contributed by atoms with Gasteiger partial charge in [-0.1, -0.05) is 72.8 Å². The molecule has 1 fully saturated rings. The van der Waals surface area contributed by atoms with Crippen molar-refractivity contribution in [2.24, 2.45) is 0 Å². The molecule has 64 heavy (non-hydrogen) atoms. The molecule has 4 aromatic carbocycles. The van der Waals surface area contributed by atoms with Crippen molar-refractivity contribution in [1.29, 1.82) is 0 Å². The Balaban J connectivity index is 1.97. The van der Waals surface area contributed by atoms with Gasteiger partial charge in [0.25, 0.3) is 23.6 Å². The van der Waals surface area contributed by atoms with Crippen LogP contribution in [0.2, 0.25) is 0 Å². The summed E-state index contributed by atoms with van der Waals surface area (Å²) in [5.74, 6) is -3.68. The highest BCUT2D eigenvalue weighted by Gasteiger charge is 2.59. The Morgan fingerprint density at radius 1 is 0.297 bits per heavy atom. The molecule has 16 nitrogen and oxygen atoms in total. The van der Waals surface area contributed by atoms with E-state index in [4.69, 9.17) is 0 Å². The number of imide groups is 4. The van der Waals surface area contributed by atoms with Crippen LogP contribution in [0.15, 0.2) is 121 Å². The normalized spacial score (nSPS) is 14.2. The number of amides is 12. The van der Waals surface area contributed by atoms with Gasteiger partial charge in [0, 0.05) is 22.3 Å². The molecule has 0 aliphatic carbocycles. The van der Waals surface area contributed by atoms with Crippen LogP contribution in [-0.2, 0) is 0 Å². The van der Waals surface area contributed by atoms with Gasteiger partial charge in [-0.15, -0.1) is 20.0 Å². The van der Waals surface area contributed by atoms with Gasteiger partial charge in [0.15, 0.2) is 0 Å². The minimum atomic E-state index is -1.60. The largest absolute Gasteiger partial charge is 0.375 e. The molecule has 0 spiro atoms. The third-order valence-corrected chi connectivity index (χ3v) is 9.64. The second-order valence-corrected chi connectivity index (χ2v) is 19.0. The minimum Gasteiger partial charge on any atom is -0.267 e. The molecule has 1 aliphatic rings. The van der Waals surface area contributed by atoms with E-state index in [1.165, 1.54) is 132 Å². The maximum Gasteiger partial charge on any atom is 0.375 e. The van der Waals surface area contributed by atoms with Crippen LogP contribution in [0.25, 0.3) is 0 Å². The number of hydrogen-bond donors (Lipinski definition) is 0. The summed E-state index contributed by atoms with van der Waals surface area (Å²) in [4.78, 5) is 124. The quantitative estimate of drug-likeness (QED) is 0.169. The van der Waals surface area contributed by atoms with Crippen LogP contribution < -0.4 is 0 Å². The Labute approximate surface area is 374 Å². The molecule has 0 unspecified atom stereocenters. The Bertz CT molecular complexity index is 2050. The standard InChI is InChI=1S/C48H56N8O8/c1-45(2,3)53(37(57)33-25-17-13-18-26-33)49-41(61)50(54(46(4,5)6)38(58)34-27-19-14-20-28-34)43(63)52(56(48(10,11)12)40(60)36-31-23-16-24-32-36)44(64)51(42(49)62)55(47(7,8)9)39(59)35-29-21-15-22-30-35/h13-32H,1-12H3. The van der Waals surface area contributed by atoms with Crippen LogP contribution in [0.3, 0.4) is 0 Å². The predicted octanol–water partition coefficient (Wildman–Crippen LogP) is 9.11. The van der Waals surface area contributed by atoms with Crippen molar-refractivity contribution < 1.29 is 38.4 Å². The third-order valence-electron chi connectivity index (χ3n) is 9.64. The van der Waals surface area contributed by atoms with E-state index in [0.717, 1.165) is 20.0 Å². The Morgan fingerprint density at radius 3 is 0.562 bits per heavy atom. The number of urea groups is 4. The van der Waals surface area contributed by atoms with Crippen molar-refractivity contribution in [2.75, 3.05) is 0 Å². The number of rotatable bonds is 8. The van der Waals surface area contributed by atoms with E-state index in [-0.39, 0.29) is 22.3 Å². The summed E-state index contributed by atoms with van der Waals surface area (Å²) in [5.41, 5.74) is -6.00. The molecule has 0 aromatic heterocycles. The molecule has 1 aliphatic heterocycles. The van der Waals surface area contributed by atoms with Gasteiger partial charge in [-0.05, 0) is 132 Å². The van der Waals surface area contributed by atoms with E-state index in [2.05, 4.69) is 0 Å². The number of nitrogens with zero attached hydrogens (tertiary/aromatic N) is 8. The second kappa shape index (κ2) is 17.8. The molecule has 12 amide bonds. The zero-order chi connectivity index (χ0) is 47.7. The Morgan fingerprint density at radius 2 is 0.438 bits per heavy atom. The van der Waals surface area contributed by atoms with Crippen LogP contribution >= 0.6 is 0 Å². The van der Waals surface area contributed by atoms with E-state index < -0.39 is 69.9 Å². The van der Waals surface area contributed by atoms with Gasteiger partial charge in [0.2, 0.25) is 0 Å². The summed E-state index contributed by atoms with van der Waals surface area (Å²) < 4.78 is 0. The van der Waals surface area contributed by atoms with Gasteiger partial charge in [0.1, 0.15) is 0 Å². The fourth-order valence-corrected chi connectivity index (χ4v) is 6.96. The number of hydrogen-bond acceptors (Lipinski definition) is 8. The van der Waals surface area contributed by atoms with Gasteiger partial charge >= 0.3 is 24.1 Å². The lowest BCUT2D eigenvalue weighted by Crippen LogP contribution is -2.78. The average molecular weight is 873 g/mol. The van der Waals surface area contributed by atoms with Crippen LogP contribution in [-0.4, -0.2) is 110 Å². The second-order valence-electron chi connectivity index (χ2n) is 19.0. The van der Waals surface area contributed by atoms with Gasteiger partial charge in [0.05, 0.1) is 22.2 Å². The van der Waals surface area contributed by atoms with Gasteiger partial charge in [-0.3, -0.25) is 19.2 Å². The molecule has 336 valence electrons. The van der Waals surface area contributed by atoms with E-state index in [1.807, 2.05) is 0 Å². The lowest BCUT2D eigenvalue weighted by Gasteiger charge is -2.53. The minimum absolute atomic E-state index is 0.00547. The van der Waals surface area contributed by atoms with Crippen molar-refractivity contribution in [3.05, 3.63) is 144 Å². The SMILES string of the molecule is CC(C)(C)N(C(=O)c1ccccc1)N1C(=O)N(N(C(=O)c2ccccc2)C(C)(C)C)C(=O)N(N(C(=O)c2ccccc2)C(C)(C)C)C(=O)N(N(C(=O)c2ccccc2)C(C)(C)C)C1=O. The van der Waals surface area contributed by atoms with Gasteiger partial charge in [-0.25, -0.2) is 39.2 Å². The molecular weight excluding hydrogens is 817 g/mol. The Hall–Kier alpha value is -7.36. The molecule has 1 saturated heterocycles. The van der Waals surface area contributed by atoms with Crippen LogP contribution in [0, 0.1) is 0 Å². The zero-order valence-electron chi connectivity index (χ0n) is 38.4. The maximum absolute atomic E-state index is 16.0. The average Bonchev–Trinajstić information content (AvgIpc) is 3.23. The summed E-state index contributed by atoms with van der Waals surface area (Å²) in [5, 5.41) is 4.33. The topological polar surface area (TPSA) is 162 Å². The highest BCUT2D eigenvalue weighted by molar-refractivity contribution is 6.16. The molecule has 0 atom stereocenters. The molecule has 0 bridgehead atoms. The van der Waals surface area contributed by atoms with Crippen LogP contribution in [0.1, 0.15) is 125 Å². The summed E-state index contributed by atoms with van der Waals surface area (Å²) >= 11 is 0. The van der Waals surface area contributed by atoms with Crippen molar-refractivity contribution in [2.45, 2.75) is 105 Å². The first kappa shape index (κ1) is 47.7. The first-order chi connectivity index (χ1) is 29.7. The molecule has 0 N–H and O–H groups in total. The first-order valence-corrected chi connectivity index (χ1v) is 20.7. The van der Waals surface area contributed by atoms with E-state index in [1.54, 1.807) is 72.8 Å². The van der Waals surface area contributed by atoms with Crippen LogP contribution in [0.5, 0.6) is 0 Å². The fraction of sp³-hybridized carbons (Fsp3) is 0.333. The van der Waals surface area contributed by atoms with Gasteiger partial charge in [-0.2, -0.15) is 0 Å². The zero-order valence-corrected chi connectivity index (χ0v) is 38.4. The van der Waals surface area contributed by atoms with Gasteiger partial charge < -0.3 is 0 Å². The molecule has 4 aromatic rings. The first-order valence-electron chi connectivity index (χ1n) is 20.7. The molecule has 5 rings (SSSR count).